The fourth-order valence-electron chi connectivity index (χ4n) is 2.32. The molecular weight excluding hydrogens is 207 g/mol. The highest BCUT2D eigenvalue weighted by Gasteiger charge is 2.25. The van der Waals surface area contributed by atoms with Crippen LogP contribution in [-0.2, 0) is 0 Å². The van der Waals surface area contributed by atoms with E-state index in [9.17, 15) is 4.39 Å². The van der Waals surface area contributed by atoms with E-state index < -0.39 is 5.95 Å². The molecule has 1 aromatic heterocycles. The third-order valence-electron chi connectivity index (χ3n) is 3.07. The molecule has 0 amide bonds. The molecule has 0 aliphatic carbocycles. The van der Waals surface area contributed by atoms with E-state index in [1.54, 1.807) is 6.07 Å². The van der Waals surface area contributed by atoms with Gasteiger partial charge in [0.25, 0.3) is 0 Å². The normalized spacial score (nSPS) is 20.4. The Morgan fingerprint density at radius 3 is 3.12 bits per heavy atom. The number of pyridine rings is 1. The van der Waals surface area contributed by atoms with Crippen molar-refractivity contribution in [2.75, 3.05) is 18.1 Å². The summed E-state index contributed by atoms with van der Waals surface area (Å²) in [4.78, 5) is 6.06. The predicted octanol–water partition coefficient (Wildman–Crippen LogP) is 1.96. The highest BCUT2D eigenvalue weighted by Crippen LogP contribution is 2.26. The molecule has 3 nitrogen and oxygen atoms in total. The number of aromatic nitrogens is 1. The maximum Gasteiger partial charge on any atom is 0.214 e. The van der Waals surface area contributed by atoms with Gasteiger partial charge in [-0.05, 0) is 37.8 Å². The molecule has 0 bridgehead atoms. The molecule has 1 saturated heterocycles. The maximum absolute atomic E-state index is 13.0. The van der Waals surface area contributed by atoms with Crippen LogP contribution in [-0.4, -0.2) is 29.3 Å². The van der Waals surface area contributed by atoms with Crippen molar-refractivity contribution < 1.29 is 9.50 Å². The van der Waals surface area contributed by atoms with Gasteiger partial charge in [-0.2, -0.15) is 4.39 Å². The number of nitrogens with zero attached hydrogens (tertiary/aromatic N) is 2. The van der Waals surface area contributed by atoms with Crippen molar-refractivity contribution in [3.63, 3.8) is 0 Å². The van der Waals surface area contributed by atoms with Crippen LogP contribution in [0.3, 0.4) is 0 Å². The van der Waals surface area contributed by atoms with E-state index in [1.807, 2.05) is 6.07 Å². The Bertz CT molecular complexity index is 346. The lowest BCUT2D eigenvalue weighted by atomic mass is 10.1. The van der Waals surface area contributed by atoms with Crippen LogP contribution in [0.1, 0.15) is 25.7 Å². The van der Waals surface area contributed by atoms with E-state index in [4.69, 9.17) is 5.11 Å². The number of rotatable bonds is 4. The summed E-state index contributed by atoms with van der Waals surface area (Å²) in [6.07, 6.45) is 3.98. The van der Waals surface area contributed by atoms with Crippen molar-refractivity contribution in [3.05, 3.63) is 24.1 Å². The zero-order valence-electron chi connectivity index (χ0n) is 9.27. The second kappa shape index (κ2) is 5.25. The first kappa shape index (κ1) is 11.3. The lowest BCUT2D eigenvalue weighted by molar-refractivity contribution is 0.279. The van der Waals surface area contributed by atoms with Crippen LogP contribution >= 0.6 is 0 Å². The van der Waals surface area contributed by atoms with Gasteiger partial charge in [0, 0.05) is 19.2 Å². The Morgan fingerprint density at radius 1 is 1.50 bits per heavy atom. The molecule has 0 aromatic carbocycles. The molecule has 0 saturated carbocycles. The zero-order valence-corrected chi connectivity index (χ0v) is 9.27. The molecule has 0 radical (unpaired) electrons. The molecule has 1 unspecified atom stereocenters. The van der Waals surface area contributed by atoms with E-state index in [0.717, 1.165) is 38.0 Å². The summed E-state index contributed by atoms with van der Waals surface area (Å²) in [5, 5.41) is 8.83. The molecule has 4 heteroatoms. The molecule has 88 valence electrons. The number of aliphatic hydroxyl groups excluding tert-OH is 1. The highest BCUT2D eigenvalue weighted by atomic mass is 19.1. The van der Waals surface area contributed by atoms with Crippen LogP contribution in [0, 0.1) is 5.95 Å². The SMILES string of the molecule is OCCCC1CCCN1c1cccc(F)n1. The Hall–Kier alpha value is -1.16. The minimum Gasteiger partial charge on any atom is -0.396 e. The minimum atomic E-state index is -0.426. The van der Waals surface area contributed by atoms with Crippen LogP contribution in [0.25, 0.3) is 0 Å². The van der Waals surface area contributed by atoms with E-state index in [1.165, 1.54) is 6.07 Å². The molecule has 2 rings (SSSR count). The van der Waals surface area contributed by atoms with Gasteiger partial charge in [-0.25, -0.2) is 4.98 Å². The van der Waals surface area contributed by atoms with Gasteiger partial charge in [-0.3, -0.25) is 0 Å². The summed E-state index contributed by atoms with van der Waals surface area (Å²) < 4.78 is 13.0. The topological polar surface area (TPSA) is 36.4 Å². The first-order valence-corrected chi connectivity index (χ1v) is 5.81. The summed E-state index contributed by atoms with van der Waals surface area (Å²) in [5.41, 5.74) is 0. The smallest absolute Gasteiger partial charge is 0.214 e. The number of anilines is 1. The third kappa shape index (κ3) is 2.50. The van der Waals surface area contributed by atoms with Crippen molar-refractivity contribution in [1.82, 2.24) is 4.98 Å². The highest BCUT2D eigenvalue weighted by molar-refractivity contribution is 5.40. The summed E-state index contributed by atoms with van der Waals surface area (Å²) in [5.74, 6) is 0.297. The van der Waals surface area contributed by atoms with Crippen LogP contribution < -0.4 is 4.90 Å². The van der Waals surface area contributed by atoms with Gasteiger partial charge in [0.2, 0.25) is 5.95 Å². The number of hydrogen-bond donors (Lipinski definition) is 1. The largest absolute Gasteiger partial charge is 0.396 e. The van der Waals surface area contributed by atoms with Crippen molar-refractivity contribution in [3.8, 4) is 0 Å². The van der Waals surface area contributed by atoms with Crippen molar-refractivity contribution >= 4 is 5.82 Å². The summed E-state index contributed by atoms with van der Waals surface area (Å²) >= 11 is 0. The number of aliphatic hydroxyl groups is 1. The molecule has 16 heavy (non-hydrogen) atoms. The van der Waals surface area contributed by atoms with Crippen molar-refractivity contribution in [2.45, 2.75) is 31.7 Å². The lowest BCUT2D eigenvalue weighted by Gasteiger charge is -2.25. The molecular formula is C12H17FN2O. The molecule has 1 fully saturated rings. The Kier molecular flexibility index (Phi) is 3.72. The zero-order chi connectivity index (χ0) is 11.4. The minimum absolute atomic E-state index is 0.223. The van der Waals surface area contributed by atoms with E-state index in [2.05, 4.69) is 9.88 Å². The fraction of sp³-hybridized carbons (Fsp3) is 0.583. The molecule has 1 aliphatic rings. The average Bonchev–Trinajstić information content (AvgIpc) is 2.74. The van der Waals surface area contributed by atoms with E-state index >= 15 is 0 Å². The van der Waals surface area contributed by atoms with Crippen LogP contribution in [0.5, 0.6) is 0 Å². The van der Waals surface area contributed by atoms with Crippen LogP contribution in [0.4, 0.5) is 10.2 Å². The summed E-state index contributed by atoms with van der Waals surface area (Å²) in [6.45, 7) is 1.16. The summed E-state index contributed by atoms with van der Waals surface area (Å²) in [6, 6.07) is 5.31. The van der Waals surface area contributed by atoms with Gasteiger partial charge in [0.1, 0.15) is 5.82 Å². The van der Waals surface area contributed by atoms with Crippen molar-refractivity contribution in [1.29, 1.82) is 0 Å². The van der Waals surface area contributed by atoms with Crippen molar-refractivity contribution in [2.24, 2.45) is 0 Å². The average molecular weight is 224 g/mol. The summed E-state index contributed by atoms with van der Waals surface area (Å²) in [7, 11) is 0. The van der Waals surface area contributed by atoms with Gasteiger partial charge in [-0.1, -0.05) is 6.07 Å². The Labute approximate surface area is 94.9 Å². The quantitative estimate of drug-likeness (QED) is 0.794. The first-order valence-electron chi connectivity index (χ1n) is 5.81. The Morgan fingerprint density at radius 2 is 2.38 bits per heavy atom. The standard InChI is InChI=1S/C12H17FN2O/c13-11-6-1-7-12(14-11)15-8-2-4-10(15)5-3-9-16/h1,6-7,10,16H,2-5,8-9H2. The van der Waals surface area contributed by atoms with Crippen LogP contribution in [0.2, 0.25) is 0 Å². The number of halogens is 1. The Balaban J connectivity index is 2.07. The van der Waals surface area contributed by atoms with E-state index in [0.29, 0.717) is 6.04 Å². The van der Waals surface area contributed by atoms with Crippen LogP contribution in [0.15, 0.2) is 18.2 Å². The van der Waals surface area contributed by atoms with Gasteiger partial charge in [0.15, 0.2) is 0 Å². The predicted molar refractivity (Wildman–Crippen MR) is 60.9 cm³/mol. The molecule has 1 atom stereocenters. The first-order chi connectivity index (χ1) is 7.81. The second-order valence-electron chi connectivity index (χ2n) is 4.17. The number of hydrogen-bond acceptors (Lipinski definition) is 3. The second-order valence-corrected chi connectivity index (χ2v) is 4.17. The molecule has 0 spiro atoms. The third-order valence-corrected chi connectivity index (χ3v) is 3.07. The lowest BCUT2D eigenvalue weighted by Crippen LogP contribution is -2.30. The monoisotopic (exact) mass is 224 g/mol. The molecule has 1 aliphatic heterocycles. The van der Waals surface area contributed by atoms with Gasteiger partial charge < -0.3 is 10.0 Å². The molecule has 2 heterocycles. The molecule has 1 aromatic rings. The van der Waals surface area contributed by atoms with E-state index in [-0.39, 0.29) is 6.61 Å². The van der Waals surface area contributed by atoms with Gasteiger partial charge in [0.05, 0.1) is 0 Å². The van der Waals surface area contributed by atoms with Gasteiger partial charge >= 0.3 is 0 Å². The molecule has 1 N–H and O–H groups in total. The maximum atomic E-state index is 13.0. The van der Waals surface area contributed by atoms with Gasteiger partial charge in [-0.15, -0.1) is 0 Å². The fourth-order valence-corrected chi connectivity index (χ4v) is 2.32.